The topological polar surface area (TPSA) is 26.3 Å². The van der Waals surface area contributed by atoms with E-state index < -0.39 is 8.07 Å². The van der Waals surface area contributed by atoms with Gasteiger partial charge in [-0.3, -0.25) is 0 Å². The smallest absolute Gasteiger partial charge is 0.330 e. The van der Waals surface area contributed by atoms with Crippen molar-refractivity contribution in [3.05, 3.63) is 12.7 Å². The Morgan fingerprint density at radius 3 is 2.64 bits per heavy atom. The van der Waals surface area contributed by atoms with Crippen molar-refractivity contribution in [1.29, 1.82) is 0 Å². The van der Waals surface area contributed by atoms with E-state index in [2.05, 4.69) is 26.6 Å². The molecule has 0 aromatic rings. The molecule has 1 unspecified atom stereocenters. The molecule has 1 fully saturated rings. The zero-order valence-electron chi connectivity index (χ0n) is 9.43. The van der Waals surface area contributed by atoms with Crippen molar-refractivity contribution in [3.63, 3.8) is 0 Å². The summed E-state index contributed by atoms with van der Waals surface area (Å²) in [4.78, 5) is 11.2. The maximum Gasteiger partial charge on any atom is 0.330 e. The number of esters is 1. The minimum Gasteiger partial charge on any atom is -0.456 e. The second kappa shape index (κ2) is 3.89. The number of hydrogen-bond donors (Lipinski definition) is 0. The first kappa shape index (κ1) is 11.5. The number of ether oxygens (including phenoxy) is 1. The molecule has 1 saturated heterocycles. The maximum absolute atomic E-state index is 11.2. The lowest BCUT2D eigenvalue weighted by molar-refractivity contribution is -0.151. The van der Waals surface area contributed by atoms with Gasteiger partial charge in [0.1, 0.15) is 5.60 Å². The average Bonchev–Trinajstić information content (AvgIpc) is 2.42. The van der Waals surface area contributed by atoms with Gasteiger partial charge in [-0.25, -0.2) is 4.79 Å². The van der Waals surface area contributed by atoms with E-state index in [1.165, 1.54) is 12.1 Å². The maximum atomic E-state index is 11.2. The van der Waals surface area contributed by atoms with E-state index in [0.29, 0.717) is 0 Å². The van der Waals surface area contributed by atoms with E-state index in [4.69, 9.17) is 4.74 Å². The van der Waals surface area contributed by atoms with Crippen molar-refractivity contribution < 1.29 is 9.53 Å². The SMILES string of the molecule is C=CC(=O)OC1(CC)CC[Si](C)(C)C1. The van der Waals surface area contributed by atoms with Crippen LogP contribution in [-0.4, -0.2) is 19.6 Å². The van der Waals surface area contributed by atoms with Gasteiger partial charge in [0.05, 0.1) is 8.07 Å². The number of hydrogen-bond acceptors (Lipinski definition) is 2. The van der Waals surface area contributed by atoms with Crippen LogP contribution in [0.2, 0.25) is 25.2 Å². The number of carbonyl (C=O) groups is 1. The van der Waals surface area contributed by atoms with Crippen LogP contribution in [0.3, 0.4) is 0 Å². The Morgan fingerprint density at radius 2 is 2.29 bits per heavy atom. The van der Waals surface area contributed by atoms with Crippen molar-refractivity contribution in [2.45, 2.75) is 50.5 Å². The summed E-state index contributed by atoms with van der Waals surface area (Å²) < 4.78 is 5.51. The van der Waals surface area contributed by atoms with Crippen LogP contribution >= 0.6 is 0 Å². The quantitative estimate of drug-likeness (QED) is 0.408. The van der Waals surface area contributed by atoms with E-state index >= 15 is 0 Å². The molecule has 0 amide bonds. The number of carbonyl (C=O) groups excluding carboxylic acids is 1. The highest BCUT2D eigenvalue weighted by Gasteiger charge is 2.45. The van der Waals surface area contributed by atoms with Gasteiger partial charge in [0, 0.05) is 6.08 Å². The Morgan fingerprint density at radius 1 is 1.64 bits per heavy atom. The van der Waals surface area contributed by atoms with Gasteiger partial charge in [-0.2, -0.15) is 0 Å². The lowest BCUT2D eigenvalue weighted by Gasteiger charge is -2.28. The van der Waals surface area contributed by atoms with Gasteiger partial charge in [-0.05, 0) is 18.9 Å². The largest absolute Gasteiger partial charge is 0.456 e. The highest BCUT2D eigenvalue weighted by molar-refractivity contribution is 6.78. The highest BCUT2D eigenvalue weighted by atomic mass is 28.3. The fourth-order valence-corrected chi connectivity index (χ4v) is 5.88. The molecule has 0 aliphatic carbocycles. The molecule has 1 rings (SSSR count). The molecule has 3 heteroatoms. The summed E-state index contributed by atoms with van der Waals surface area (Å²) in [5.41, 5.74) is -0.166. The van der Waals surface area contributed by atoms with Crippen LogP contribution in [0.15, 0.2) is 12.7 Å². The predicted molar refractivity (Wildman–Crippen MR) is 61.0 cm³/mol. The molecule has 1 aliphatic rings. The van der Waals surface area contributed by atoms with Gasteiger partial charge < -0.3 is 4.74 Å². The molecule has 0 aromatic carbocycles. The summed E-state index contributed by atoms with van der Waals surface area (Å²) in [6.07, 6.45) is 3.25. The third-order valence-corrected chi connectivity index (χ3v) is 6.39. The lowest BCUT2D eigenvalue weighted by atomic mass is 10.0. The summed E-state index contributed by atoms with van der Waals surface area (Å²) in [5, 5.41) is 0. The van der Waals surface area contributed by atoms with Crippen LogP contribution in [0.4, 0.5) is 0 Å². The molecule has 80 valence electrons. The zero-order chi connectivity index (χ0) is 10.8. The van der Waals surface area contributed by atoms with Gasteiger partial charge >= 0.3 is 5.97 Å². The summed E-state index contributed by atoms with van der Waals surface area (Å²) >= 11 is 0. The zero-order valence-corrected chi connectivity index (χ0v) is 10.4. The summed E-state index contributed by atoms with van der Waals surface area (Å²) in [7, 11) is -1.09. The van der Waals surface area contributed by atoms with Crippen molar-refractivity contribution in [3.8, 4) is 0 Å². The monoisotopic (exact) mass is 212 g/mol. The van der Waals surface area contributed by atoms with Crippen molar-refractivity contribution in [2.75, 3.05) is 0 Å². The fraction of sp³-hybridized carbons (Fsp3) is 0.727. The highest BCUT2D eigenvalue weighted by Crippen LogP contribution is 2.42. The molecule has 14 heavy (non-hydrogen) atoms. The third-order valence-electron chi connectivity index (χ3n) is 3.19. The van der Waals surface area contributed by atoms with Crippen molar-refractivity contribution in [2.24, 2.45) is 0 Å². The van der Waals surface area contributed by atoms with E-state index in [9.17, 15) is 4.79 Å². The summed E-state index contributed by atoms with van der Waals surface area (Å²) in [5.74, 6) is -0.265. The Kier molecular flexibility index (Phi) is 3.19. The first-order valence-corrected chi connectivity index (χ1v) is 8.70. The Hall–Kier alpha value is -0.573. The van der Waals surface area contributed by atoms with Crippen LogP contribution in [-0.2, 0) is 9.53 Å². The molecule has 0 aromatic heterocycles. The van der Waals surface area contributed by atoms with Crippen molar-refractivity contribution >= 4 is 14.0 Å². The molecule has 0 N–H and O–H groups in total. The Bertz CT molecular complexity index is 248. The molecular formula is C11H20O2Si. The standard InChI is InChI=1S/C11H20O2Si/c1-5-10(12)13-11(6-2)7-8-14(3,4)9-11/h5H,1,6-9H2,2-4H3. The minimum atomic E-state index is -1.09. The van der Waals surface area contributed by atoms with Crippen LogP contribution in [0.25, 0.3) is 0 Å². The normalized spacial score (nSPS) is 29.9. The van der Waals surface area contributed by atoms with E-state index in [1.807, 2.05) is 0 Å². The first-order valence-electron chi connectivity index (χ1n) is 5.28. The molecule has 0 radical (unpaired) electrons. The minimum absolute atomic E-state index is 0.166. The third kappa shape index (κ3) is 2.47. The molecule has 1 heterocycles. The second-order valence-electron chi connectivity index (χ2n) is 5.00. The van der Waals surface area contributed by atoms with Gasteiger partial charge in [0.15, 0.2) is 0 Å². The molecule has 0 spiro atoms. The Labute approximate surface area is 87.3 Å². The summed E-state index contributed by atoms with van der Waals surface area (Å²) in [6, 6.07) is 2.38. The van der Waals surface area contributed by atoms with Gasteiger partial charge in [-0.1, -0.05) is 32.6 Å². The molecule has 1 aliphatic heterocycles. The number of rotatable bonds is 3. The van der Waals surface area contributed by atoms with Crippen LogP contribution in [0, 0.1) is 0 Å². The van der Waals surface area contributed by atoms with Gasteiger partial charge in [-0.15, -0.1) is 0 Å². The Balaban J connectivity index is 2.70. The van der Waals surface area contributed by atoms with Crippen LogP contribution in [0.1, 0.15) is 19.8 Å². The summed E-state index contributed by atoms with van der Waals surface area (Å²) in [6.45, 7) is 10.3. The van der Waals surface area contributed by atoms with Crippen LogP contribution in [0.5, 0.6) is 0 Å². The van der Waals surface area contributed by atoms with E-state index in [0.717, 1.165) is 18.9 Å². The second-order valence-corrected chi connectivity index (χ2v) is 10.2. The molecule has 2 nitrogen and oxygen atoms in total. The molecule has 1 atom stereocenters. The predicted octanol–water partition coefficient (Wildman–Crippen LogP) is 2.98. The lowest BCUT2D eigenvalue weighted by Crippen LogP contribution is -2.33. The first-order chi connectivity index (χ1) is 6.43. The fourth-order valence-electron chi connectivity index (χ4n) is 2.33. The van der Waals surface area contributed by atoms with Crippen LogP contribution < -0.4 is 0 Å². The van der Waals surface area contributed by atoms with E-state index in [1.54, 1.807) is 0 Å². The van der Waals surface area contributed by atoms with Crippen molar-refractivity contribution in [1.82, 2.24) is 0 Å². The van der Waals surface area contributed by atoms with E-state index in [-0.39, 0.29) is 11.6 Å². The van der Waals surface area contributed by atoms with Gasteiger partial charge in [0.2, 0.25) is 0 Å². The molecule has 0 bridgehead atoms. The molecular weight excluding hydrogens is 192 g/mol. The average molecular weight is 212 g/mol. The van der Waals surface area contributed by atoms with Gasteiger partial charge in [0.25, 0.3) is 0 Å². The molecule has 0 saturated carbocycles.